The van der Waals surface area contributed by atoms with Crippen molar-refractivity contribution in [3.63, 3.8) is 0 Å². The number of carbonyl (C=O) groups excluding carboxylic acids is 2. The second-order valence-corrected chi connectivity index (χ2v) is 8.62. The summed E-state index contributed by atoms with van der Waals surface area (Å²) < 4.78 is 47.9. The molecule has 1 aromatic carbocycles. The van der Waals surface area contributed by atoms with Gasteiger partial charge >= 0.3 is 0 Å². The average molecular weight is 463 g/mol. The number of carbonyl (C=O) groups is 2. The maximum absolute atomic E-state index is 13.9. The SMILES string of the molecule is COc1c2n(cc(C(=O)NCc3c(F)cc(F)cc3F)c1=O)C1CN(C2=O)[C@@H](C)CCC1C. The summed E-state index contributed by atoms with van der Waals surface area (Å²) in [5.41, 5.74) is -1.56. The van der Waals surface area contributed by atoms with Gasteiger partial charge in [-0.2, -0.15) is 0 Å². The number of ether oxygens (including phenoxy) is 1. The van der Waals surface area contributed by atoms with Gasteiger partial charge in [-0.1, -0.05) is 6.92 Å². The van der Waals surface area contributed by atoms with E-state index in [4.69, 9.17) is 4.74 Å². The van der Waals surface area contributed by atoms with E-state index >= 15 is 0 Å². The van der Waals surface area contributed by atoms with Gasteiger partial charge in [-0.25, -0.2) is 13.2 Å². The van der Waals surface area contributed by atoms with Crippen LogP contribution in [0.25, 0.3) is 0 Å². The fourth-order valence-electron chi connectivity index (χ4n) is 4.63. The quantitative estimate of drug-likeness (QED) is 0.756. The first kappa shape index (κ1) is 22.9. The van der Waals surface area contributed by atoms with Gasteiger partial charge in [0.25, 0.3) is 11.8 Å². The molecule has 1 N–H and O–H groups in total. The van der Waals surface area contributed by atoms with Gasteiger partial charge in [0.1, 0.15) is 23.0 Å². The third-order valence-electron chi connectivity index (χ3n) is 6.61. The summed E-state index contributed by atoms with van der Waals surface area (Å²) in [6.45, 7) is 3.85. The lowest BCUT2D eigenvalue weighted by molar-refractivity contribution is 0.0590. The second kappa shape index (κ2) is 8.57. The van der Waals surface area contributed by atoms with Crippen LogP contribution in [0.4, 0.5) is 13.2 Å². The van der Waals surface area contributed by atoms with Crippen LogP contribution in [0.2, 0.25) is 0 Å². The monoisotopic (exact) mass is 463 g/mol. The molecule has 176 valence electrons. The minimum Gasteiger partial charge on any atom is -0.491 e. The lowest BCUT2D eigenvalue weighted by Crippen LogP contribution is -2.48. The van der Waals surface area contributed by atoms with Crippen molar-refractivity contribution in [1.82, 2.24) is 14.8 Å². The molecule has 2 aliphatic rings. The van der Waals surface area contributed by atoms with Crippen molar-refractivity contribution in [3.8, 4) is 5.75 Å². The van der Waals surface area contributed by atoms with Crippen molar-refractivity contribution >= 4 is 11.8 Å². The van der Waals surface area contributed by atoms with Gasteiger partial charge in [0.2, 0.25) is 5.43 Å². The van der Waals surface area contributed by atoms with Crippen LogP contribution in [-0.4, -0.2) is 41.0 Å². The first-order valence-electron chi connectivity index (χ1n) is 10.7. The van der Waals surface area contributed by atoms with Crippen LogP contribution in [0.15, 0.2) is 23.1 Å². The van der Waals surface area contributed by atoms with Gasteiger partial charge in [0, 0.05) is 43.0 Å². The van der Waals surface area contributed by atoms with Crippen molar-refractivity contribution in [2.75, 3.05) is 13.7 Å². The molecule has 1 fully saturated rings. The molecule has 3 atom stereocenters. The average Bonchev–Trinajstić information content (AvgIpc) is 2.88. The molecule has 33 heavy (non-hydrogen) atoms. The number of hydrogen-bond acceptors (Lipinski definition) is 4. The minimum atomic E-state index is -1.15. The normalized spacial score (nSPS) is 21.9. The number of fused-ring (bicyclic) bond motifs is 4. The zero-order valence-corrected chi connectivity index (χ0v) is 18.5. The highest BCUT2D eigenvalue weighted by Gasteiger charge is 2.41. The number of hydrogen-bond donors (Lipinski definition) is 1. The molecule has 0 saturated carbocycles. The first-order valence-corrected chi connectivity index (χ1v) is 10.7. The predicted molar refractivity (Wildman–Crippen MR) is 113 cm³/mol. The number of pyridine rings is 1. The van der Waals surface area contributed by atoms with Gasteiger partial charge in [-0.05, 0) is 25.7 Å². The third kappa shape index (κ3) is 3.87. The summed E-state index contributed by atoms with van der Waals surface area (Å²) in [4.78, 5) is 40.8. The zero-order chi connectivity index (χ0) is 24.0. The summed E-state index contributed by atoms with van der Waals surface area (Å²) in [7, 11) is 1.25. The lowest BCUT2D eigenvalue weighted by atomic mass is 9.95. The van der Waals surface area contributed by atoms with Crippen molar-refractivity contribution in [1.29, 1.82) is 0 Å². The number of amides is 2. The van der Waals surface area contributed by atoms with Gasteiger partial charge in [0.15, 0.2) is 11.4 Å². The van der Waals surface area contributed by atoms with Crippen LogP contribution in [0.5, 0.6) is 5.75 Å². The minimum absolute atomic E-state index is 0.00184. The van der Waals surface area contributed by atoms with E-state index in [0.717, 1.165) is 12.8 Å². The summed E-state index contributed by atoms with van der Waals surface area (Å²) in [5.74, 6) is -4.70. The number of halogens is 3. The van der Waals surface area contributed by atoms with E-state index in [2.05, 4.69) is 5.32 Å². The van der Waals surface area contributed by atoms with E-state index in [1.165, 1.54) is 13.3 Å². The first-order chi connectivity index (χ1) is 15.6. The summed E-state index contributed by atoms with van der Waals surface area (Å²) in [6, 6.07) is 0.845. The van der Waals surface area contributed by atoms with Crippen LogP contribution in [0.3, 0.4) is 0 Å². The molecular formula is C23H24F3N3O4. The molecule has 2 aromatic rings. The summed E-state index contributed by atoms with van der Waals surface area (Å²) in [5, 5.41) is 2.31. The van der Waals surface area contributed by atoms with Gasteiger partial charge in [0.05, 0.1) is 13.2 Å². The maximum atomic E-state index is 13.9. The second-order valence-electron chi connectivity index (χ2n) is 8.62. The number of benzene rings is 1. The number of nitrogens with zero attached hydrogens (tertiary/aromatic N) is 2. The molecule has 2 unspecified atom stereocenters. The Hall–Kier alpha value is -3.30. The molecule has 2 amide bonds. The Morgan fingerprint density at radius 1 is 1.15 bits per heavy atom. The van der Waals surface area contributed by atoms with E-state index < -0.39 is 40.9 Å². The van der Waals surface area contributed by atoms with E-state index in [0.29, 0.717) is 18.7 Å². The third-order valence-corrected chi connectivity index (χ3v) is 6.61. The highest BCUT2D eigenvalue weighted by atomic mass is 19.1. The Balaban J connectivity index is 1.74. The highest BCUT2D eigenvalue weighted by Crippen LogP contribution is 2.37. The molecular weight excluding hydrogens is 439 g/mol. The van der Waals surface area contributed by atoms with Crippen molar-refractivity contribution < 1.29 is 27.5 Å². The van der Waals surface area contributed by atoms with E-state index in [9.17, 15) is 27.6 Å². The smallest absolute Gasteiger partial charge is 0.274 e. The number of aromatic nitrogens is 1. The van der Waals surface area contributed by atoms with Gasteiger partial charge < -0.3 is 19.5 Å². The van der Waals surface area contributed by atoms with Crippen LogP contribution >= 0.6 is 0 Å². The molecule has 1 saturated heterocycles. The van der Waals surface area contributed by atoms with Crippen LogP contribution in [-0.2, 0) is 6.54 Å². The Labute approximate surface area is 188 Å². The van der Waals surface area contributed by atoms with Crippen LogP contribution < -0.4 is 15.5 Å². The molecule has 1 aromatic heterocycles. The fraction of sp³-hybridized carbons (Fsp3) is 0.435. The fourth-order valence-corrected chi connectivity index (χ4v) is 4.63. The molecule has 2 bridgehead atoms. The van der Waals surface area contributed by atoms with Crippen LogP contribution in [0.1, 0.15) is 59.1 Å². The van der Waals surface area contributed by atoms with E-state index in [1.54, 1.807) is 9.47 Å². The van der Waals surface area contributed by atoms with Gasteiger partial charge in [-0.3, -0.25) is 14.4 Å². The van der Waals surface area contributed by atoms with E-state index in [-0.39, 0.29) is 40.9 Å². The summed E-state index contributed by atoms with van der Waals surface area (Å²) >= 11 is 0. The standard InChI is InChI=1S/C23H24F3N3O4/c1-11-4-5-12(2)28-10-18(11)29-9-15(20(30)21(33-3)19(29)23(28)32)22(31)27-8-14-16(25)6-13(24)7-17(14)26/h6-7,9,11-12,18H,4-5,8,10H2,1-3H3,(H,27,31)/t11?,12-,18?/m0/s1. The molecule has 0 aliphatic carbocycles. The predicted octanol–water partition coefficient (Wildman–Crippen LogP) is 3.02. The molecule has 0 radical (unpaired) electrons. The molecule has 0 spiro atoms. The molecule has 3 heterocycles. The molecule has 2 aliphatic heterocycles. The molecule has 4 rings (SSSR count). The number of nitrogens with one attached hydrogen (secondary N) is 1. The van der Waals surface area contributed by atoms with E-state index in [1.807, 2.05) is 13.8 Å². The lowest BCUT2D eigenvalue weighted by Gasteiger charge is -2.38. The topological polar surface area (TPSA) is 80.6 Å². The Morgan fingerprint density at radius 2 is 1.82 bits per heavy atom. The van der Waals surface area contributed by atoms with Gasteiger partial charge in [-0.15, -0.1) is 0 Å². The largest absolute Gasteiger partial charge is 0.491 e. The maximum Gasteiger partial charge on any atom is 0.274 e. The Morgan fingerprint density at radius 3 is 2.45 bits per heavy atom. The Kier molecular flexibility index (Phi) is 5.94. The van der Waals surface area contributed by atoms with Crippen LogP contribution in [0, 0.1) is 23.4 Å². The molecule has 7 nitrogen and oxygen atoms in total. The molecule has 10 heteroatoms. The van der Waals surface area contributed by atoms with Crippen molar-refractivity contribution in [3.05, 3.63) is 62.8 Å². The number of rotatable bonds is 4. The number of methoxy groups -OCH3 is 1. The zero-order valence-electron chi connectivity index (χ0n) is 18.5. The van der Waals surface area contributed by atoms with Crippen molar-refractivity contribution in [2.45, 2.75) is 45.3 Å². The van der Waals surface area contributed by atoms with Crippen molar-refractivity contribution in [2.24, 2.45) is 5.92 Å². The highest BCUT2D eigenvalue weighted by molar-refractivity contribution is 5.99. The Bertz CT molecular complexity index is 1170. The summed E-state index contributed by atoms with van der Waals surface area (Å²) in [6.07, 6.45) is 2.99.